The van der Waals surface area contributed by atoms with Crippen LogP contribution in [0.25, 0.3) is 10.9 Å². The minimum absolute atomic E-state index is 0.0258. The number of anilines is 3. The van der Waals surface area contributed by atoms with Crippen LogP contribution in [-0.2, 0) is 21.9 Å². The van der Waals surface area contributed by atoms with Crippen molar-refractivity contribution in [3.8, 4) is 6.07 Å². The van der Waals surface area contributed by atoms with E-state index in [0.717, 1.165) is 36.8 Å². The standard InChI is InChI=1S/C36H41ClN11O4SSi/c1-36(54,22-46-12-7-23(8-13-46)24-4-6-29-31(17-24)45(2)44-33(29)48-16-11-32(49)42-35(48)50)43-30-18-28(5-3-25(30)19-38)53(51,52)47-14-9-27(10-15-47)41-34-39-20-26(37)21-40-34/h3-6,17-18,20-21,23,27,43H,7-16,22H2,1-2H3,(H,39,40,41)(H,42,49,50)/t36-/m0/s1. The van der Waals surface area contributed by atoms with Crippen LogP contribution in [0.5, 0.6) is 0 Å². The second-order valence-corrected chi connectivity index (χ2v) is 17.8. The fraction of sp³-hybridized carbons (Fsp3) is 0.444. The second-order valence-electron chi connectivity index (χ2n) is 14.4. The maximum absolute atomic E-state index is 13.8. The van der Waals surface area contributed by atoms with Crippen molar-refractivity contribution in [2.45, 2.75) is 61.0 Å². The number of benzene rings is 2. The van der Waals surface area contributed by atoms with E-state index in [1.165, 1.54) is 33.2 Å². The minimum Gasteiger partial charge on any atom is -0.381 e. The van der Waals surface area contributed by atoms with E-state index in [9.17, 15) is 23.3 Å². The number of carbonyl (C=O) groups excluding carboxylic acids is 2. The third-order valence-corrected chi connectivity index (χ3v) is 12.7. The van der Waals surface area contributed by atoms with E-state index in [1.807, 2.05) is 20.0 Å². The van der Waals surface area contributed by atoms with E-state index in [1.54, 1.807) is 16.8 Å². The monoisotopic (exact) mass is 786 g/mol. The number of piperidine rings is 2. The van der Waals surface area contributed by atoms with Crippen molar-refractivity contribution < 1.29 is 18.0 Å². The van der Waals surface area contributed by atoms with E-state index in [-0.39, 0.29) is 23.3 Å². The number of nitriles is 1. The molecule has 0 unspecified atom stereocenters. The Morgan fingerprint density at radius 2 is 1.76 bits per heavy atom. The Kier molecular flexibility index (Phi) is 10.7. The molecule has 2 aromatic carbocycles. The minimum atomic E-state index is -3.81. The number of fused-ring (bicyclic) bond motifs is 1. The lowest BCUT2D eigenvalue weighted by Crippen LogP contribution is -2.49. The van der Waals surface area contributed by atoms with Crippen LogP contribution in [0.4, 0.5) is 22.2 Å². The Morgan fingerprint density at radius 3 is 2.44 bits per heavy atom. The number of nitrogens with one attached hydrogen (secondary N) is 3. The summed E-state index contributed by atoms with van der Waals surface area (Å²) in [6, 6.07) is 12.7. The number of hydrogen-bond donors (Lipinski definition) is 3. The number of aryl methyl sites for hydroxylation is 1. The van der Waals surface area contributed by atoms with Crippen LogP contribution in [0, 0.1) is 11.3 Å². The third-order valence-electron chi connectivity index (χ3n) is 10.3. The number of hydrogen-bond acceptors (Lipinski definition) is 11. The molecule has 3 aliphatic heterocycles. The molecule has 281 valence electrons. The van der Waals surface area contributed by atoms with Gasteiger partial charge in [-0.2, -0.15) is 14.7 Å². The maximum Gasteiger partial charge on any atom is 0.329 e. The zero-order valence-corrected chi connectivity index (χ0v) is 32.6. The van der Waals surface area contributed by atoms with Crippen molar-refractivity contribution in [1.82, 2.24) is 34.3 Å². The summed E-state index contributed by atoms with van der Waals surface area (Å²) in [4.78, 5) is 36.5. The Hall–Kier alpha value is -4.60. The summed E-state index contributed by atoms with van der Waals surface area (Å²) in [7, 11) is 1.95. The lowest BCUT2D eigenvalue weighted by molar-refractivity contribution is -0.120. The maximum atomic E-state index is 13.8. The van der Waals surface area contributed by atoms with Gasteiger partial charge in [0.25, 0.3) is 0 Å². The molecule has 3 radical (unpaired) electrons. The van der Waals surface area contributed by atoms with Crippen molar-refractivity contribution in [1.29, 1.82) is 5.26 Å². The molecule has 3 fully saturated rings. The van der Waals surface area contributed by atoms with Crippen LogP contribution in [0.3, 0.4) is 0 Å². The summed E-state index contributed by atoms with van der Waals surface area (Å²) in [6.07, 6.45) is 6.31. The number of sulfonamides is 1. The molecule has 0 spiro atoms. The Morgan fingerprint density at radius 1 is 1.04 bits per heavy atom. The largest absolute Gasteiger partial charge is 0.381 e. The van der Waals surface area contributed by atoms with Gasteiger partial charge in [0.1, 0.15) is 6.07 Å². The molecule has 3 amide bonds. The molecule has 0 aliphatic carbocycles. The zero-order chi connectivity index (χ0) is 38.2. The first kappa shape index (κ1) is 37.7. The Bertz CT molecular complexity index is 2210. The summed E-state index contributed by atoms with van der Waals surface area (Å²) in [5.74, 6) is 1.06. The molecule has 2 aromatic heterocycles. The van der Waals surface area contributed by atoms with Gasteiger partial charge in [0, 0.05) is 56.2 Å². The molecule has 0 bridgehead atoms. The van der Waals surface area contributed by atoms with Gasteiger partial charge in [-0.1, -0.05) is 17.7 Å². The fourth-order valence-electron chi connectivity index (χ4n) is 7.53. The molecule has 0 saturated carbocycles. The zero-order valence-electron chi connectivity index (χ0n) is 30.0. The first-order chi connectivity index (χ1) is 25.8. The van der Waals surface area contributed by atoms with E-state index < -0.39 is 21.2 Å². The van der Waals surface area contributed by atoms with E-state index in [4.69, 9.17) is 11.6 Å². The lowest BCUT2D eigenvalue weighted by Gasteiger charge is -2.38. The van der Waals surface area contributed by atoms with E-state index >= 15 is 0 Å². The molecule has 1 atom stereocenters. The molecule has 18 heteroatoms. The highest BCUT2D eigenvalue weighted by Gasteiger charge is 2.33. The summed E-state index contributed by atoms with van der Waals surface area (Å²) >= 11 is 5.89. The normalized spacial score (nSPS) is 19.4. The number of nitrogens with zero attached hydrogens (tertiary/aromatic N) is 8. The van der Waals surface area contributed by atoms with Gasteiger partial charge in [0.05, 0.1) is 49.3 Å². The number of halogens is 1. The molecule has 3 N–H and O–H groups in total. The SMILES string of the molecule is Cn1nc(N2CCC(=O)NC2=O)c2ccc(C3CCN(C[C@](C)([Si])Nc4cc(S(=O)(=O)N5CCC(Nc6ncc(Cl)cn6)CC5)ccc4C#N)CC3)cc21. The first-order valence-corrected chi connectivity index (χ1v) is 20.2. The average molecular weight is 787 g/mol. The number of likely N-dealkylation sites (tertiary alicyclic amines) is 1. The number of aromatic nitrogens is 4. The highest BCUT2D eigenvalue weighted by atomic mass is 35.5. The van der Waals surface area contributed by atoms with Crippen molar-refractivity contribution in [3.63, 3.8) is 0 Å². The lowest BCUT2D eigenvalue weighted by atomic mass is 9.89. The van der Waals surface area contributed by atoms with Crippen LogP contribution in [0.2, 0.25) is 5.02 Å². The van der Waals surface area contributed by atoms with E-state index in [0.29, 0.717) is 73.0 Å². The average Bonchev–Trinajstić information content (AvgIpc) is 3.47. The van der Waals surface area contributed by atoms with Crippen molar-refractivity contribution in [2.24, 2.45) is 7.05 Å². The molecule has 3 saturated heterocycles. The first-order valence-electron chi connectivity index (χ1n) is 17.9. The highest BCUT2D eigenvalue weighted by molar-refractivity contribution is 7.89. The molecule has 7 rings (SSSR count). The fourth-order valence-corrected chi connectivity index (χ4v) is 9.48. The van der Waals surface area contributed by atoms with Crippen molar-refractivity contribution in [2.75, 3.05) is 54.8 Å². The molecular formula is C36H41ClN11O4SSi. The number of urea groups is 1. The van der Waals surface area contributed by atoms with Crippen LogP contribution >= 0.6 is 11.6 Å². The second kappa shape index (κ2) is 15.3. The number of rotatable bonds is 10. The molecule has 3 aliphatic rings. The van der Waals surface area contributed by atoms with Crippen LogP contribution in [-0.4, -0.2) is 110 Å². The van der Waals surface area contributed by atoms with Gasteiger partial charge >= 0.3 is 6.03 Å². The van der Waals surface area contributed by atoms with Crippen LogP contribution in [0.1, 0.15) is 56.1 Å². The smallest absolute Gasteiger partial charge is 0.329 e. The Labute approximate surface area is 322 Å². The topological polar surface area (TPSA) is 181 Å². The molecule has 15 nitrogen and oxygen atoms in total. The van der Waals surface area contributed by atoms with E-state index in [2.05, 4.69) is 64.4 Å². The predicted molar refractivity (Wildman–Crippen MR) is 206 cm³/mol. The van der Waals surface area contributed by atoms with Crippen molar-refractivity contribution in [3.05, 3.63) is 64.9 Å². The molecular weight excluding hydrogens is 746 g/mol. The summed E-state index contributed by atoms with van der Waals surface area (Å²) in [5, 5.41) is 24.2. The summed E-state index contributed by atoms with van der Waals surface area (Å²) in [6.45, 7) is 5.24. The van der Waals surface area contributed by atoms with Gasteiger partial charge in [0.15, 0.2) is 5.82 Å². The molecule has 5 heterocycles. The molecule has 4 aromatic rings. The number of imide groups is 1. The molecule has 54 heavy (non-hydrogen) atoms. The van der Waals surface area contributed by atoms with Gasteiger partial charge in [-0.05, 0) is 87.5 Å². The number of amides is 3. The van der Waals surface area contributed by atoms with Crippen LogP contribution < -0.4 is 20.9 Å². The van der Waals surface area contributed by atoms with Crippen molar-refractivity contribution >= 4 is 72.2 Å². The quantitative estimate of drug-likeness (QED) is 0.199. The third kappa shape index (κ3) is 8.08. The summed E-state index contributed by atoms with van der Waals surface area (Å²) < 4.78 is 30.8. The van der Waals surface area contributed by atoms with Gasteiger partial charge in [0.2, 0.25) is 21.9 Å². The number of carbonyl (C=O) groups is 2. The van der Waals surface area contributed by atoms with Gasteiger partial charge in [-0.3, -0.25) is 19.7 Å². The highest BCUT2D eigenvalue weighted by Crippen LogP contribution is 2.34. The van der Waals surface area contributed by atoms with Gasteiger partial charge < -0.3 is 15.5 Å². The predicted octanol–water partition coefficient (Wildman–Crippen LogP) is 3.78. The Balaban J connectivity index is 0.960. The van der Waals surface area contributed by atoms with Crippen LogP contribution in [0.15, 0.2) is 53.7 Å². The summed E-state index contributed by atoms with van der Waals surface area (Å²) in [5.41, 5.74) is 2.93. The van der Waals surface area contributed by atoms with Gasteiger partial charge in [-0.15, -0.1) is 0 Å². The van der Waals surface area contributed by atoms with Gasteiger partial charge in [-0.25, -0.2) is 23.2 Å².